The molecule has 2 aliphatic carbocycles. The van der Waals surface area contributed by atoms with Crippen LogP contribution in [0.2, 0.25) is 0 Å². The second kappa shape index (κ2) is 4.33. The van der Waals surface area contributed by atoms with Crippen molar-refractivity contribution in [1.82, 2.24) is 4.90 Å². The molecule has 0 radical (unpaired) electrons. The maximum Gasteiger partial charge on any atom is 0.0989 e. The van der Waals surface area contributed by atoms with Gasteiger partial charge in [-0.2, -0.15) is 0 Å². The van der Waals surface area contributed by atoms with Crippen molar-refractivity contribution in [3.05, 3.63) is 0 Å². The Morgan fingerprint density at radius 3 is 2.07 bits per heavy atom. The molecule has 80 valence electrons. The number of nitrogens with zero attached hydrogens (tertiary/aromatic N) is 1. The summed E-state index contributed by atoms with van der Waals surface area (Å²) in [7, 11) is 2.14. The maximum atomic E-state index is 8.18. The van der Waals surface area contributed by atoms with Crippen LogP contribution < -0.4 is 0 Å². The fraction of sp³-hybridized carbons (Fsp3) is 0.917. The molecular weight excluding hydrogens is 172 g/mol. The lowest BCUT2D eigenvalue weighted by Gasteiger charge is -2.29. The van der Waals surface area contributed by atoms with E-state index in [9.17, 15) is 0 Å². The topological polar surface area (TPSA) is 27.1 Å². The van der Waals surface area contributed by atoms with Crippen molar-refractivity contribution >= 4 is 5.84 Å². The molecule has 2 fully saturated rings. The van der Waals surface area contributed by atoms with Crippen LogP contribution in [0.4, 0.5) is 0 Å². The Hall–Kier alpha value is -0.530. The van der Waals surface area contributed by atoms with E-state index in [4.69, 9.17) is 5.41 Å². The van der Waals surface area contributed by atoms with Gasteiger partial charge in [-0.25, -0.2) is 0 Å². The molecule has 2 rings (SSSR count). The first-order valence-electron chi connectivity index (χ1n) is 6.10. The molecule has 0 aromatic carbocycles. The van der Waals surface area contributed by atoms with Crippen molar-refractivity contribution in [2.24, 2.45) is 5.92 Å². The molecule has 2 nitrogen and oxygen atoms in total. The molecule has 0 saturated heterocycles. The first-order valence-corrected chi connectivity index (χ1v) is 6.10. The number of amidine groups is 1. The van der Waals surface area contributed by atoms with Crippen LogP contribution in [0.1, 0.15) is 51.4 Å². The maximum absolute atomic E-state index is 8.18. The van der Waals surface area contributed by atoms with E-state index in [1.807, 2.05) is 0 Å². The van der Waals surface area contributed by atoms with Crippen molar-refractivity contribution in [1.29, 1.82) is 5.41 Å². The summed E-state index contributed by atoms with van der Waals surface area (Å²) in [5, 5.41) is 8.18. The van der Waals surface area contributed by atoms with E-state index < -0.39 is 0 Å². The third-order valence-electron chi connectivity index (χ3n) is 3.99. The number of hydrogen-bond acceptors (Lipinski definition) is 1. The number of hydrogen-bond donors (Lipinski definition) is 1. The molecule has 2 aliphatic rings. The van der Waals surface area contributed by atoms with Gasteiger partial charge in [-0.3, -0.25) is 5.41 Å². The zero-order chi connectivity index (χ0) is 9.97. The van der Waals surface area contributed by atoms with Crippen molar-refractivity contribution in [2.45, 2.75) is 57.4 Å². The third-order valence-corrected chi connectivity index (χ3v) is 3.99. The van der Waals surface area contributed by atoms with Gasteiger partial charge in [0.1, 0.15) is 0 Å². The molecule has 0 bridgehead atoms. The van der Waals surface area contributed by atoms with Crippen molar-refractivity contribution in [3.63, 3.8) is 0 Å². The number of rotatable bonds is 2. The highest BCUT2D eigenvalue weighted by atomic mass is 15.2. The normalized spacial score (nSPS) is 24.4. The summed E-state index contributed by atoms with van der Waals surface area (Å²) < 4.78 is 0. The number of nitrogens with one attached hydrogen (secondary N) is 1. The molecule has 14 heavy (non-hydrogen) atoms. The predicted octanol–water partition coefficient (Wildman–Crippen LogP) is 3.03. The van der Waals surface area contributed by atoms with Crippen LogP contribution in [0.3, 0.4) is 0 Å². The summed E-state index contributed by atoms with van der Waals surface area (Å²) in [5.41, 5.74) is 0. The highest BCUT2D eigenvalue weighted by Gasteiger charge is 2.27. The van der Waals surface area contributed by atoms with E-state index in [-0.39, 0.29) is 0 Å². The fourth-order valence-electron chi connectivity index (χ4n) is 2.98. The zero-order valence-electron chi connectivity index (χ0n) is 9.26. The van der Waals surface area contributed by atoms with Gasteiger partial charge < -0.3 is 4.90 Å². The summed E-state index contributed by atoms with van der Waals surface area (Å²) in [4.78, 5) is 2.27. The van der Waals surface area contributed by atoms with Gasteiger partial charge in [0.05, 0.1) is 5.84 Å². The van der Waals surface area contributed by atoms with Gasteiger partial charge in [0, 0.05) is 19.0 Å². The van der Waals surface area contributed by atoms with Gasteiger partial charge in [0.15, 0.2) is 0 Å². The Morgan fingerprint density at radius 2 is 1.50 bits per heavy atom. The molecule has 1 N–H and O–H groups in total. The standard InChI is InChI=1S/C12H22N2/c1-14(11-8-4-5-9-11)12(13)10-6-2-3-7-10/h10-11,13H,2-9H2,1H3. The Morgan fingerprint density at radius 1 is 1.00 bits per heavy atom. The van der Waals surface area contributed by atoms with Crippen LogP contribution in [0, 0.1) is 11.3 Å². The van der Waals surface area contributed by atoms with Crippen LogP contribution in [-0.2, 0) is 0 Å². The van der Waals surface area contributed by atoms with E-state index >= 15 is 0 Å². The molecule has 0 aromatic rings. The van der Waals surface area contributed by atoms with Crippen LogP contribution in [0.25, 0.3) is 0 Å². The van der Waals surface area contributed by atoms with E-state index in [0.29, 0.717) is 12.0 Å². The molecule has 0 spiro atoms. The monoisotopic (exact) mass is 194 g/mol. The molecule has 0 atom stereocenters. The Labute approximate surface area is 87.2 Å². The molecular formula is C12H22N2. The molecule has 0 aromatic heterocycles. The summed E-state index contributed by atoms with van der Waals surface area (Å²) in [6, 6.07) is 0.683. The van der Waals surface area contributed by atoms with Gasteiger partial charge in [-0.05, 0) is 25.7 Å². The molecule has 0 heterocycles. The van der Waals surface area contributed by atoms with Crippen LogP contribution in [0.5, 0.6) is 0 Å². The van der Waals surface area contributed by atoms with Gasteiger partial charge in [0.25, 0.3) is 0 Å². The largest absolute Gasteiger partial charge is 0.360 e. The van der Waals surface area contributed by atoms with E-state index in [1.54, 1.807) is 0 Å². The van der Waals surface area contributed by atoms with Crippen LogP contribution in [0.15, 0.2) is 0 Å². The smallest absolute Gasteiger partial charge is 0.0989 e. The van der Waals surface area contributed by atoms with Crippen LogP contribution in [-0.4, -0.2) is 23.8 Å². The minimum Gasteiger partial charge on any atom is -0.360 e. The average Bonchev–Trinajstić information content (AvgIpc) is 2.87. The van der Waals surface area contributed by atoms with E-state index in [2.05, 4.69) is 11.9 Å². The van der Waals surface area contributed by atoms with Crippen LogP contribution >= 0.6 is 0 Å². The molecule has 2 saturated carbocycles. The Balaban J connectivity index is 1.89. The second-order valence-electron chi connectivity index (χ2n) is 4.92. The van der Waals surface area contributed by atoms with Gasteiger partial charge in [-0.1, -0.05) is 25.7 Å². The first-order chi connectivity index (χ1) is 6.79. The first kappa shape index (κ1) is 10.0. The fourth-order valence-corrected chi connectivity index (χ4v) is 2.98. The zero-order valence-corrected chi connectivity index (χ0v) is 9.26. The minimum absolute atomic E-state index is 0.584. The molecule has 2 heteroatoms. The summed E-state index contributed by atoms with van der Waals surface area (Å²) in [6.07, 6.45) is 10.6. The molecule has 0 unspecified atom stereocenters. The third kappa shape index (κ3) is 1.94. The van der Waals surface area contributed by atoms with Crippen molar-refractivity contribution < 1.29 is 0 Å². The molecule has 0 amide bonds. The van der Waals surface area contributed by atoms with Gasteiger partial charge in [-0.15, -0.1) is 0 Å². The quantitative estimate of drug-likeness (QED) is 0.531. The van der Waals surface area contributed by atoms with Crippen molar-refractivity contribution in [2.75, 3.05) is 7.05 Å². The highest BCUT2D eigenvalue weighted by Crippen LogP contribution is 2.29. The summed E-state index contributed by atoms with van der Waals surface area (Å²) >= 11 is 0. The average molecular weight is 194 g/mol. The summed E-state index contributed by atoms with van der Waals surface area (Å²) in [5.74, 6) is 1.51. The minimum atomic E-state index is 0.584. The SMILES string of the molecule is CN(C(=N)C1CCCC1)C1CCCC1. The van der Waals surface area contributed by atoms with Gasteiger partial charge >= 0.3 is 0 Å². The second-order valence-corrected chi connectivity index (χ2v) is 4.92. The lowest BCUT2D eigenvalue weighted by Crippen LogP contribution is -2.38. The Bertz CT molecular complexity index is 200. The van der Waals surface area contributed by atoms with E-state index in [1.165, 1.54) is 51.4 Å². The summed E-state index contributed by atoms with van der Waals surface area (Å²) in [6.45, 7) is 0. The predicted molar refractivity (Wildman–Crippen MR) is 59.7 cm³/mol. The van der Waals surface area contributed by atoms with Crippen molar-refractivity contribution in [3.8, 4) is 0 Å². The van der Waals surface area contributed by atoms with E-state index in [0.717, 1.165) is 5.84 Å². The lowest BCUT2D eigenvalue weighted by atomic mass is 10.0. The molecule has 0 aliphatic heterocycles. The lowest BCUT2D eigenvalue weighted by molar-refractivity contribution is 0.349. The highest BCUT2D eigenvalue weighted by molar-refractivity contribution is 5.82. The Kier molecular flexibility index (Phi) is 3.09. The van der Waals surface area contributed by atoms with Gasteiger partial charge in [0.2, 0.25) is 0 Å².